The number of hydrogen-bond donors (Lipinski definition) is 0. The maximum absolute atomic E-state index is 2.45. The van der Waals surface area contributed by atoms with E-state index in [1.165, 1.54) is 75.5 Å². The minimum absolute atomic E-state index is 1.09. The predicted molar refractivity (Wildman–Crippen MR) is 259 cm³/mol. The van der Waals surface area contributed by atoms with Crippen molar-refractivity contribution in [2.75, 3.05) is 4.90 Å². The van der Waals surface area contributed by atoms with Crippen molar-refractivity contribution < 1.29 is 0 Å². The molecule has 1 heterocycles. The van der Waals surface area contributed by atoms with Crippen LogP contribution in [0, 0.1) is 0 Å². The summed E-state index contributed by atoms with van der Waals surface area (Å²) in [6.07, 6.45) is 0. The molecule has 0 aliphatic heterocycles. The van der Waals surface area contributed by atoms with Crippen LogP contribution in [0.5, 0.6) is 0 Å². The summed E-state index contributed by atoms with van der Waals surface area (Å²) in [5.74, 6) is 0. The minimum atomic E-state index is 1.09. The van der Waals surface area contributed by atoms with Crippen LogP contribution in [0.2, 0.25) is 0 Å². The van der Waals surface area contributed by atoms with Gasteiger partial charge in [0.25, 0.3) is 0 Å². The van der Waals surface area contributed by atoms with E-state index in [1.807, 2.05) is 11.3 Å². The molecule has 0 atom stereocenters. The Morgan fingerprint density at radius 2 is 0.800 bits per heavy atom. The van der Waals surface area contributed by atoms with Crippen LogP contribution >= 0.6 is 11.3 Å². The van der Waals surface area contributed by atoms with Gasteiger partial charge < -0.3 is 4.90 Å². The fraction of sp³-hybridized carbons (Fsp3) is 0. The summed E-state index contributed by atoms with van der Waals surface area (Å²) in [6, 6.07) is 86.3. The summed E-state index contributed by atoms with van der Waals surface area (Å²) < 4.78 is 2.63. The molecule has 0 spiro atoms. The zero-order valence-corrected chi connectivity index (χ0v) is 33.7. The molecule has 1 nitrogen and oxygen atoms in total. The average molecular weight is 782 g/mol. The highest BCUT2D eigenvalue weighted by molar-refractivity contribution is 7.25. The van der Waals surface area contributed by atoms with Gasteiger partial charge in [0, 0.05) is 37.1 Å². The third-order valence-corrected chi connectivity index (χ3v) is 12.8. The van der Waals surface area contributed by atoms with Gasteiger partial charge in [-0.05, 0) is 115 Å². The fourth-order valence-corrected chi connectivity index (χ4v) is 9.94. The Morgan fingerprint density at radius 1 is 0.283 bits per heavy atom. The first-order chi connectivity index (χ1) is 29.7. The van der Waals surface area contributed by atoms with Gasteiger partial charge in [-0.25, -0.2) is 0 Å². The lowest BCUT2D eigenvalue weighted by molar-refractivity contribution is 1.28. The average Bonchev–Trinajstić information content (AvgIpc) is 3.72. The highest BCUT2D eigenvalue weighted by Crippen LogP contribution is 2.46. The lowest BCUT2D eigenvalue weighted by Gasteiger charge is -2.29. The summed E-state index contributed by atoms with van der Waals surface area (Å²) in [5, 5.41) is 5.13. The highest BCUT2D eigenvalue weighted by Gasteiger charge is 2.20. The lowest BCUT2D eigenvalue weighted by Crippen LogP contribution is -2.11. The van der Waals surface area contributed by atoms with Crippen LogP contribution in [0.15, 0.2) is 237 Å². The number of para-hydroxylation sites is 1. The minimum Gasteiger partial charge on any atom is -0.310 e. The lowest BCUT2D eigenvalue weighted by atomic mass is 9.94. The zero-order valence-electron chi connectivity index (χ0n) is 32.9. The molecule has 0 fully saturated rings. The van der Waals surface area contributed by atoms with Gasteiger partial charge in [-0.2, -0.15) is 0 Å². The zero-order chi connectivity index (χ0) is 39.8. The van der Waals surface area contributed by atoms with E-state index in [-0.39, 0.29) is 0 Å². The topological polar surface area (TPSA) is 3.24 Å². The van der Waals surface area contributed by atoms with Crippen molar-refractivity contribution in [3.63, 3.8) is 0 Å². The molecule has 1 aromatic heterocycles. The molecule has 282 valence electrons. The molecular formula is C58H39NS. The second-order valence-electron chi connectivity index (χ2n) is 15.3. The first-order valence-electron chi connectivity index (χ1n) is 20.5. The molecule has 2 heteroatoms. The number of rotatable bonds is 8. The maximum Gasteiger partial charge on any atom is 0.0540 e. The van der Waals surface area contributed by atoms with Gasteiger partial charge in [-0.3, -0.25) is 0 Å². The standard InChI is InChI=1S/C58H39NS/c1-3-16-40(17-4-1)46-37-47(41-18-5-2-6-19-41)39-49(38-46)59(48-34-32-43(33-35-48)53-28-15-31-57-58(53)54-26-10-12-30-56(54)60-57)55-29-11-9-25-52(55)45-23-13-22-44(36-45)51-27-14-21-42-20-7-8-24-50(42)51/h1-39H. The predicted octanol–water partition coefficient (Wildman–Crippen LogP) is 17.0. The number of thiophene rings is 1. The third kappa shape index (κ3) is 6.54. The van der Waals surface area contributed by atoms with Crippen molar-refractivity contribution in [2.45, 2.75) is 0 Å². The van der Waals surface area contributed by atoms with Gasteiger partial charge in [0.15, 0.2) is 0 Å². The third-order valence-electron chi connectivity index (χ3n) is 11.6. The summed E-state index contributed by atoms with van der Waals surface area (Å²) in [4.78, 5) is 2.45. The van der Waals surface area contributed by atoms with Crippen LogP contribution in [-0.4, -0.2) is 0 Å². The second kappa shape index (κ2) is 15.3. The van der Waals surface area contributed by atoms with E-state index in [0.29, 0.717) is 0 Å². The molecule has 0 saturated heterocycles. The van der Waals surface area contributed by atoms with Crippen molar-refractivity contribution in [2.24, 2.45) is 0 Å². The Labute approximate surface area is 354 Å². The van der Waals surface area contributed by atoms with E-state index in [0.717, 1.165) is 28.2 Å². The number of fused-ring (bicyclic) bond motifs is 4. The molecular weight excluding hydrogens is 743 g/mol. The SMILES string of the molecule is c1ccc(-c2cc(-c3ccccc3)cc(N(c3ccc(-c4cccc5sc6ccccc6c45)cc3)c3ccccc3-c3cccc(-c4cccc5ccccc45)c3)c2)cc1. The van der Waals surface area contributed by atoms with E-state index in [9.17, 15) is 0 Å². The monoisotopic (exact) mass is 781 g/mol. The van der Waals surface area contributed by atoms with Gasteiger partial charge in [0.05, 0.1) is 5.69 Å². The van der Waals surface area contributed by atoms with Crippen molar-refractivity contribution in [3.05, 3.63) is 237 Å². The summed E-state index contributed by atoms with van der Waals surface area (Å²) in [5.41, 5.74) is 15.2. The van der Waals surface area contributed by atoms with Gasteiger partial charge in [-0.1, -0.05) is 182 Å². The Hall–Kier alpha value is -7.52. The molecule has 0 radical (unpaired) electrons. The van der Waals surface area contributed by atoms with Crippen LogP contribution in [0.4, 0.5) is 17.1 Å². The number of nitrogens with zero attached hydrogens (tertiary/aromatic N) is 1. The van der Waals surface area contributed by atoms with Crippen LogP contribution < -0.4 is 4.90 Å². The van der Waals surface area contributed by atoms with Crippen molar-refractivity contribution in [3.8, 4) is 55.6 Å². The summed E-state index contributed by atoms with van der Waals surface area (Å²) in [6.45, 7) is 0. The molecule has 0 aliphatic carbocycles. The number of anilines is 3. The largest absolute Gasteiger partial charge is 0.310 e. The molecule has 0 saturated carbocycles. The Balaban J connectivity index is 1.11. The second-order valence-corrected chi connectivity index (χ2v) is 16.4. The summed E-state index contributed by atoms with van der Waals surface area (Å²) in [7, 11) is 0. The first kappa shape index (κ1) is 35.6. The van der Waals surface area contributed by atoms with Gasteiger partial charge >= 0.3 is 0 Å². The van der Waals surface area contributed by atoms with Crippen LogP contribution in [-0.2, 0) is 0 Å². The van der Waals surface area contributed by atoms with E-state index < -0.39 is 0 Å². The van der Waals surface area contributed by atoms with Gasteiger partial charge in [0.2, 0.25) is 0 Å². The quantitative estimate of drug-likeness (QED) is 0.148. The van der Waals surface area contributed by atoms with Gasteiger partial charge in [-0.15, -0.1) is 11.3 Å². The Bertz CT molecular complexity index is 3250. The molecule has 0 bridgehead atoms. The fourth-order valence-electron chi connectivity index (χ4n) is 8.81. The van der Waals surface area contributed by atoms with E-state index in [1.54, 1.807) is 0 Å². The molecule has 0 amide bonds. The molecule has 10 aromatic carbocycles. The molecule has 11 rings (SSSR count). The van der Waals surface area contributed by atoms with Crippen LogP contribution in [0.3, 0.4) is 0 Å². The maximum atomic E-state index is 2.45. The highest BCUT2D eigenvalue weighted by atomic mass is 32.1. The van der Waals surface area contributed by atoms with Crippen molar-refractivity contribution in [1.29, 1.82) is 0 Å². The van der Waals surface area contributed by atoms with E-state index >= 15 is 0 Å². The first-order valence-corrected chi connectivity index (χ1v) is 21.3. The van der Waals surface area contributed by atoms with Crippen molar-refractivity contribution in [1.82, 2.24) is 0 Å². The van der Waals surface area contributed by atoms with Crippen LogP contribution in [0.25, 0.3) is 86.6 Å². The summed E-state index contributed by atoms with van der Waals surface area (Å²) >= 11 is 1.86. The van der Waals surface area contributed by atoms with Crippen molar-refractivity contribution >= 4 is 59.3 Å². The molecule has 11 aromatic rings. The molecule has 60 heavy (non-hydrogen) atoms. The van der Waals surface area contributed by atoms with E-state index in [2.05, 4.69) is 241 Å². The number of benzene rings is 10. The molecule has 0 N–H and O–H groups in total. The molecule has 0 unspecified atom stereocenters. The number of hydrogen-bond acceptors (Lipinski definition) is 2. The Morgan fingerprint density at radius 3 is 1.57 bits per heavy atom. The normalized spacial score (nSPS) is 11.3. The molecule has 0 aliphatic rings. The van der Waals surface area contributed by atoms with E-state index in [4.69, 9.17) is 0 Å². The smallest absolute Gasteiger partial charge is 0.0540 e. The Kier molecular flexibility index (Phi) is 9.11. The van der Waals surface area contributed by atoms with Crippen LogP contribution in [0.1, 0.15) is 0 Å². The van der Waals surface area contributed by atoms with Gasteiger partial charge in [0.1, 0.15) is 0 Å².